The monoisotopic (exact) mass is 245 g/mol. The molecule has 1 atom stereocenters. The van der Waals surface area contributed by atoms with Crippen LogP contribution in [0.1, 0.15) is 5.56 Å². The van der Waals surface area contributed by atoms with Crippen LogP contribution in [-0.4, -0.2) is 26.2 Å². The number of ether oxygens (including phenoxy) is 2. The number of benzene rings is 1. The Kier molecular flexibility index (Phi) is 4.39. The Morgan fingerprint density at radius 2 is 1.88 bits per heavy atom. The Morgan fingerprint density at radius 3 is 2.29 bits per heavy atom. The number of carbonyl (C=O) groups excluding carboxylic acids is 1. The van der Waals surface area contributed by atoms with Crippen LogP contribution in [0.15, 0.2) is 12.1 Å². The number of hydrogen-bond acceptors (Lipinski definition) is 4. The first kappa shape index (κ1) is 13.4. The third-order valence-electron chi connectivity index (χ3n) is 2.22. The van der Waals surface area contributed by atoms with E-state index in [2.05, 4.69) is 9.47 Å². The van der Waals surface area contributed by atoms with Gasteiger partial charge in [-0.25, -0.2) is 8.78 Å². The third-order valence-corrected chi connectivity index (χ3v) is 2.22. The molecule has 6 heteroatoms. The van der Waals surface area contributed by atoms with Crippen LogP contribution in [0, 0.1) is 11.6 Å². The molecule has 1 aromatic carbocycles. The van der Waals surface area contributed by atoms with Gasteiger partial charge in [0.25, 0.3) is 0 Å². The van der Waals surface area contributed by atoms with Crippen molar-refractivity contribution in [2.75, 3.05) is 14.2 Å². The Morgan fingerprint density at radius 1 is 1.35 bits per heavy atom. The van der Waals surface area contributed by atoms with Gasteiger partial charge in [-0.3, -0.25) is 4.79 Å². The molecule has 94 valence electrons. The predicted molar refractivity (Wildman–Crippen MR) is 56.6 cm³/mol. The van der Waals surface area contributed by atoms with Gasteiger partial charge in [0.15, 0.2) is 17.4 Å². The van der Waals surface area contributed by atoms with Gasteiger partial charge in [0, 0.05) is 0 Å². The van der Waals surface area contributed by atoms with Crippen molar-refractivity contribution < 1.29 is 23.0 Å². The maximum atomic E-state index is 13.3. The lowest BCUT2D eigenvalue weighted by Gasteiger charge is -2.10. The number of nitrogens with two attached hydrogens (primary N) is 1. The third kappa shape index (κ3) is 3.13. The van der Waals surface area contributed by atoms with Crippen molar-refractivity contribution in [1.29, 1.82) is 0 Å². The Hall–Kier alpha value is -1.69. The molecule has 17 heavy (non-hydrogen) atoms. The van der Waals surface area contributed by atoms with Crippen LogP contribution in [0.25, 0.3) is 0 Å². The molecular formula is C11H13F2NO3. The van der Waals surface area contributed by atoms with Crippen molar-refractivity contribution in [3.63, 3.8) is 0 Å². The predicted octanol–water partition coefficient (Wildman–Crippen LogP) is 1.02. The second-order valence-corrected chi connectivity index (χ2v) is 3.43. The molecule has 0 heterocycles. The highest BCUT2D eigenvalue weighted by Gasteiger charge is 2.17. The largest absolute Gasteiger partial charge is 0.491 e. The molecule has 2 N–H and O–H groups in total. The quantitative estimate of drug-likeness (QED) is 0.804. The van der Waals surface area contributed by atoms with Crippen LogP contribution >= 0.6 is 0 Å². The van der Waals surface area contributed by atoms with Crippen molar-refractivity contribution in [3.8, 4) is 5.75 Å². The van der Waals surface area contributed by atoms with Crippen LogP contribution in [0.3, 0.4) is 0 Å². The molecule has 0 saturated heterocycles. The van der Waals surface area contributed by atoms with Crippen molar-refractivity contribution >= 4 is 5.97 Å². The summed E-state index contributed by atoms with van der Waals surface area (Å²) in [5.41, 5.74) is 5.74. The zero-order chi connectivity index (χ0) is 13.0. The molecule has 0 amide bonds. The summed E-state index contributed by atoms with van der Waals surface area (Å²) in [6.45, 7) is 0. The van der Waals surface area contributed by atoms with Gasteiger partial charge in [-0.05, 0) is 24.1 Å². The van der Waals surface area contributed by atoms with Crippen LogP contribution in [0.5, 0.6) is 5.75 Å². The zero-order valence-corrected chi connectivity index (χ0v) is 9.50. The van der Waals surface area contributed by atoms with Gasteiger partial charge < -0.3 is 15.2 Å². The van der Waals surface area contributed by atoms with Crippen LogP contribution in [0.2, 0.25) is 0 Å². The Bertz CT molecular complexity index is 400. The van der Waals surface area contributed by atoms with E-state index in [0.717, 1.165) is 12.1 Å². The summed E-state index contributed by atoms with van der Waals surface area (Å²) < 4.78 is 35.6. The van der Waals surface area contributed by atoms with Gasteiger partial charge in [-0.15, -0.1) is 0 Å². The average Bonchev–Trinajstić information content (AvgIpc) is 2.27. The minimum Gasteiger partial charge on any atom is -0.491 e. The fourth-order valence-electron chi connectivity index (χ4n) is 1.41. The van der Waals surface area contributed by atoms with Crippen LogP contribution < -0.4 is 10.5 Å². The number of esters is 1. The Balaban J connectivity index is 2.90. The van der Waals surface area contributed by atoms with E-state index in [0.29, 0.717) is 0 Å². The minimum atomic E-state index is -0.952. The van der Waals surface area contributed by atoms with Gasteiger partial charge in [0.1, 0.15) is 6.04 Å². The number of hydrogen-bond donors (Lipinski definition) is 1. The first-order valence-corrected chi connectivity index (χ1v) is 4.85. The highest BCUT2D eigenvalue weighted by molar-refractivity contribution is 5.75. The van der Waals surface area contributed by atoms with Gasteiger partial charge in [0.2, 0.25) is 0 Å². The summed E-state index contributed by atoms with van der Waals surface area (Å²) in [7, 11) is 2.36. The summed E-state index contributed by atoms with van der Waals surface area (Å²) in [6, 6.07) is 1.20. The number of halogens is 2. The SMILES string of the molecule is COC(=O)[C@H](N)Cc1cc(F)c(OC)c(F)c1. The highest BCUT2D eigenvalue weighted by atomic mass is 19.1. The summed E-state index contributed by atoms with van der Waals surface area (Å²) in [5, 5.41) is 0. The topological polar surface area (TPSA) is 61.5 Å². The second-order valence-electron chi connectivity index (χ2n) is 3.43. The maximum absolute atomic E-state index is 13.3. The van der Waals surface area contributed by atoms with E-state index in [9.17, 15) is 13.6 Å². The average molecular weight is 245 g/mol. The van der Waals surface area contributed by atoms with E-state index >= 15 is 0 Å². The smallest absolute Gasteiger partial charge is 0.322 e. The summed E-state index contributed by atoms with van der Waals surface area (Å²) in [4.78, 5) is 11.0. The van der Waals surface area contributed by atoms with Crippen molar-refractivity contribution in [2.45, 2.75) is 12.5 Å². The molecule has 0 aliphatic heterocycles. The summed E-state index contributed by atoms with van der Waals surface area (Å²) in [5.74, 6) is -2.76. The fraction of sp³-hybridized carbons (Fsp3) is 0.364. The highest BCUT2D eigenvalue weighted by Crippen LogP contribution is 2.23. The number of rotatable bonds is 4. The molecule has 4 nitrogen and oxygen atoms in total. The van der Waals surface area contributed by atoms with Gasteiger partial charge in [-0.1, -0.05) is 0 Å². The molecule has 0 fully saturated rings. The zero-order valence-electron chi connectivity index (χ0n) is 9.50. The van der Waals surface area contributed by atoms with Crippen molar-refractivity contribution in [1.82, 2.24) is 0 Å². The molecule has 1 aromatic rings. The van der Waals surface area contributed by atoms with Crippen LogP contribution in [0.4, 0.5) is 8.78 Å². The maximum Gasteiger partial charge on any atom is 0.322 e. The molecule has 0 aliphatic rings. The molecule has 0 unspecified atom stereocenters. The van der Waals surface area contributed by atoms with E-state index in [4.69, 9.17) is 5.73 Å². The van der Waals surface area contributed by atoms with Crippen molar-refractivity contribution in [2.24, 2.45) is 5.73 Å². The summed E-state index contributed by atoms with van der Waals surface area (Å²) in [6.07, 6.45) is -0.00942. The summed E-state index contributed by atoms with van der Waals surface area (Å²) >= 11 is 0. The van der Waals surface area contributed by atoms with E-state index in [1.807, 2.05) is 0 Å². The first-order valence-electron chi connectivity index (χ1n) is 4.85. The van der Waals surface area contributed by atoms with Crippen LogP contribution in [-0.2, 0) is 16.0 Å². The standard InChI is InChI=1S/C11H13F2NO3/c1-16-10-7(12)3-6(4-8(10)13)5-9(14)11(15)17-2/h3-4,9H,5,14H2,1-2H3/t9-/m1/s1. The van der Waals surface area contributed by atoms with Gasteiger partial charge in [-0.2, -0.15) is 0 Å². The van der Waals surface area contributed by atoms with Gasteiger partial charge >= 0.3 is 5.97 Å². The van der Waals surface area contributed by atoms with E-state index in [1.54, 1.807) is 0 Å². The lowest BCUT2D eigenvalue weighted by molar-refractivity contribution is -0.142. The normalized spacial score (nSPS) is 12.1. The van der Waals surface area contributed by atoms with E-state index < -0.39 is 29.4 Å². The molecule has 1 rings (SSSR count). The van der Waals surface area contributed by atoms with E-state index in [1.165, 1.54) is 14.2 Å². The molecule has 0 spiro atoms. The number of methoxy groups -OCH3 is 2. The second kappa shape index (κ2) is 5.58. The van der Waals surface area contributed by atoms with Gasteiger partial charge in [0.05, 0.1) is 14.2 Å². The molecular weight excluding hydrogens is 232 g/mol. The lowest BCUT2D eigenvalue weighted by Crippen LogP contribution is -2.33. The van der Waals surface area contributed by atoms with Crippen molar-refractivity contribution in [3.05, 3.63) is 29.3 Å². The molecule has 0 radical (unpaired) electrons. The molecule has 0 aromatic heterocycles. The molecule has 0 aliphatic carbocycles. The Labute approximate surface area is 97.3 Å². The first-order chi connectivity index (χ1) is 7.99. The van der Waals surface area contributed by atoms with E-state index in [-0.39, 0.29) is 12.0 Å². The lowest BCUT2D eigenvalue weighted by atomic mass is 10.1. The molecule has 0 saturated carbocycles. The molecule has 0 bridgehead atoms. The number of carbonyl (C=O) groups is 1. The minimum absolute atomic E-state index is 0.00942. The fourth-order valence-corrected chi connectivity index (χ4v) is 1.41.